The summed E-state index contributed by atoms with van der Waals surface area (Å²) in [6, 6.07) is 12.6. The summed E-state index contributed by atoms with van der Waals surface area (Å²) in [5.41, 5.74) is 0.552. The summed E-state index contributed by atoms with van der Waals surface area (Å²) in [5, 5.41) is 8.86. The van der Waals surface area contributed by atoms with Crippen LogP contribution in [0.15, 0.2) is 40.9 Å². The molecular weight excluding hydrogens is 322 g/mol. The van der Waals surface area contributed by atoms with Crippen molar-refractivity contribution in [3.05, 3.63) is 46.4 Å². The minimum absolute atomic E-state index is 0.489. The highest BCUT2D eigenvalue weighted by molar-refractivity contribution is 9.10. The van der Waals surface area contributed by atoms with Gasteiger partial charge in [-0.25, -0.2) is 0 Å². The van der Waals surface area contributed by atoms with Crippen molar-refractivity contribution >= 4 is 15.9 Å². The molecule has 0 aliphatic heterocycles. The monoisotopic (exact) mass is 333 g/mol. The molecule has 0 atom stereocenters. The Kier molecular flexibility index (Phi) is 4.49. The molecule has 0 heterocycles. The zero-order chi connectivity index (χ0) is 14.5. The number of methoxy groups -OCH3 is 2. The molecule has 0 N–H and O–H groups in total. The molecule has 0 radical (unpaired) electrons. The average Bonchev–Trinajstić information content (AvgIpc) is 2.49. The lowest BCUT2D eigenvalue weighted by molar-refractivity contribution is 0.345. The third-order valence-corrected chi connectivity index (χ3v) is 3.28. The minimum atomic E-state index is 0.489. The van der Waals surface area contributed by atoms with E-state index in [9.17, 15) is 0 Å². The van der Waals surface area contributed by atoms with Crippen LogP contribution in [0.5, 0.6) is 23.0 Å². The van der Waals surface area contributed by atoms with Crippen molar-refractivity contribution in [2.45, 2.75) is 0 Å². The Morgan fingerprint density at radius 2 is 1.65 bits per heavy atom. The zero-order valence-corrected chi connectivity index (χ0v) is 12.6. The van der Waals surface area contributed by atoms with Crippen LogP contribution in [-0.4, -0.2) is 14.2 Å². The Hall–Kier alpha value is -2.19. The first-order valence-electron chi connectivity index (χ1n) is 5.78. The van der Waals surface area contributed by atoms with E-state index in [4.69, 9.17) is 19.5 Å². The van der Waals surface area contributed by atoms with Gasteiger partial charge in [0.05, 0.1) is 30.3 Å². The van der Waals surface area contributed by atoms with Gasteiger partial charge in [0.1, 0.15) is 5.75 Å². The normalized spacial score (nSPS) is 9.70. The van der Waals surface area contributed by atoms with Crippen molar-refractivity contribution in [1.29, 1.82) is 5.26 Å². The van der Waals surface area contributed by atoms with Crippen LogP contribution in [0, 0.1) is 11.3 Å². The summed E-state index contributed by atoms with van der Waals surface area (Å²) in [5.74, 6) is 2.20. The van der Waals surface area contributed by atoms with E-state index in [-0.39, 0.29) is 0 Å². The van der Waals surface area contributed by atoms with E-state index in [0.29, 0.717) is 33.0 Å². The second kappa shape index (κ2) is 6.31. The van der Waals surface area contributed by atoms with Crippen molar-refractivity contribution < 1.29 is 14.2 Å². The highest BCUT2D eigenvalue weighted by Gasteiger charge is 2.14. The molecule has 0 unspecified atom stereocenters. The number of nitrogens with zero attached hydrogens (tertiary/aromatic N) is 1. The Morgan fingerprint density at radius 3 is 2.15 bits per heavy atom. The van der Waals surface area contributed by atoms with E-state index in [1.165, 1.54) is 0 Å². The fourth-order valence-electron chi connectivity index (χ4n) is 1.68. The molecule has 0 aliphatic carbocycles. The van der Waals surface area contributed by atoms with Gasteiger partial charge in [-0.3, -0.25) is 0 Å². The second-order valence-corrected chi connectivity index (χ2v) is 4.71. The molecule has 0 spiro atoms. The van der Waals surface area contributed by atoms with Gasteiger partial charge in [0, 0.05) is 0 Å². The molecule has 0 bridgehead atoms. The number of halogens is 1. The standard InChI is InChI=1S/C15H12BrNO3/c1-18-13-4-3-5-14(19-2)15(13)20-12-7-6-10(9-17)8-11(12)16/h3-8H,1-2H3. The molecule has 0 fully saturated rings. The fourth-order valence-corrected chi connectivity index (χ4v) is 2.14. The van der Waals surface area contributed by atoms with Crippen LogP contribution in [0.3, 0.4) is 0 Å². The van der Waals surface area contributed by atoms with Crippen molar-refractivity contribution in [3.8, 4) is 29.1 Å². The van der Waals surface area contributed by atoms with E-state index < -0.39 is 0 Å². The maximum absolute atomic E-state index is 8.86. The second-order valence-electron chi connectivity index (χ2n) is 3.85. The first-order chi connectivity index (χ1) is 9.69. The Morgan fingerprint density at radius 1 is 1.00 bits per heavy atom. The predicted octanol–water partition coefficient (Wildman–Crippen LogP) is 4.13. The minimum Gasteiger partial charge on any atom is -0.493 e. The van der Waals surface area contributed by atoms with E-state index in [2.05, 4.69) is 22.0 Å². The molecule has 0 saturated heterocycles. The molecule has 0 aliphatic rings. The maximum Gasteiger partial charge on any atom is 0.211 e. The summed E-state index contributed by atoms with van der Waals surface area (Å²) in [4.78, 5) is 0. The van der Waals surface area contributed by atoms with Crippen LogP contribution >= 0.6 is 15.9 Å². The predicted molar refractivity (Wildman–Crippen MR) is 78.5 cm³/mol. The molecule has 2 aromatic carbocycles. The SMILES string of the molecule is COc1cccc(OC)c1Oc1ccc(C#N)cc1Br. The van der Waals surface area contributed by atoms with Crippen LogP contribution < -0.4 is 14.2 Å². The highest BCUT2D eigenvalue weighted by atomic mass is 79.9. The van der Waals surface area contributed by atoms with Gasteiger partial charge in [0.15, 0.2) is 11.5 Å². The molecule has 0 amide bonds. The van der Waals surface area contributed by atoms with Gasteiger partial charge in [0.25, 0.3) is 0 Å². The Labute approximate surface area is 125 Å². The van der Waals surface area contributed by atoms with E-state index in [1.54, 1.807) is 44.6 Å². The zero-order valence-electron chi connectivity index (χ0n) is 11.0. The summed E-state index contributed by atoms with van der Waals surface area (Å²) in [6.45, 7) is 0. The number of hydrogen-bond donors (Lipinski definition) is 0. The highest BCUT2D eigenvalue weighted by Crippen LogP contribution is 2.41. The topological polar surface area (TPSA) is 51.5 Å². The largest absolute Gasteiger partial charge is 0.493 e. The molecule has 20 heavy (non-hydrogen) atoms. The number of ether oxygens (including phenoxy) is 3. The smallest absolute Gasteiger partial charge is 0.211 e. The molecule has 4 nitrogen and oxygen atoms in total. The summed E-state index contributed by atoms with van der Waals surface area (Å²) >= 11 is 3.38. The number of hydrogen-bond acceptors (Lipinski definition) is 4. The molecule has 0 aromatic heterocycles. The van der Waals surface area contributed by atoms with Crippen molar-refractivity contribution in [3.63, 3.8) is 0 Å². The molecular formula is C15H12BrNO3. The molecule has 0 saturated carbocycles. The van der Waals surface area contributed by atoms with Gasteiger partial charge in [-0.2, -0.15) is 5.26 Å². The van der Waals surface area contributed by atoms with Crippen LogP contribution in [0.2, 0.25) is 0 Å². The Bertz CT molecular complexity index is 642. The summed E-state index contributed by atoms with van der Waals surface area (Å²) in [7, 11) is 3.13. The Balaban J connectivity index is 2.42. The van der Waals surface area contributed by atoms with Gasteiger partial charge in [-0.15, -0.1) is 0 Å². The van der Waals surface area contributed by atoms with Crippen molar-refractivity contribution in [1.82, 2.24) is 0 Å². The van der Waals surface area contributed by atoms with E-state index >= 15 is 0 Å². The fraction of sp³-hybridized carbons (Fsp3) is 0.133. The first-order valence-corrected chi connectivity index (χ1v) is 6.57. The average molecular weight is 334 g/mol. The van der Waals surface area contributed by atoms with Crippen molar-refractivity contribution in [2.75, 3.05) is 14.2 Å². The van der Waals surface area contributed by atoms with Crippen molar-refractivity contribution in [2.24, 2.45) is 0 Å². The molecule has 5 heteroatoms. The number of nitriles is 1. The number of benzene rings is 2. The molecule has 102 valence electrons. The lowest BCUT2D eigenvalue weighted by Crippen LogP contribution is -1.95. The third kappa shape index (κ3) is 2.86. The van der Waals surface area contributed by atoms with E-state index in [0.717, 1.165) is 0 Å². The quantitative estimate of drug-likeness (QED) is 0.844. The third-order valence-electron chi connectivity index (χ3n) is 2.66. The summed E-state index contributed by atoms with van der Waals surface area (Å²) in [6.07, 6.45) is 0. The van der Waals surface area contributed by atoms with Crippen LogP contribution in [0.4, 0.5) is 0 Å². The van der Waals surface area contributed by atoms with Gasteiger partial charge in [0.2, 0.25) is 5.75 Å². The number of para-hydroxylation sites is 1. The number of rotatable bonds is 4. The van der Waals surface area contributed by atoms with Gasteiger partial charge in [-0.1, -0.05) is 6.07 Å². The molecule has 2 rings (SSSR count). The van der Waals surface area contributed by atoms with Crippen LogP contribution in [0.1, 0.15) is 5.56 Å². The molecule has 2 aromatic rings. The summed E-state index contributed by atoms with van der Waals surface area (Å²) < 4.78 is 17.1. The lowest BCUT2D eigenvalue weighted by Gasteiger charge is -2.14. The van der Waals surface area contributed by atoms with Crippen LogP contribution in [0.25, 0.3) is 0 Å². The van der Waals surface area contributed by atoms with Gasteiger partial charge < -0.3 is 14.2 Å². The van der Waals surface area contributed by atoms with Gasteiger partial charge in [-0.05, 0) is 46.3 Å². The lowest BCUT2D eigenvalue weighted by atomic mass is 10.2. The maximum atomic E-state index is 8.86. The van der Waals surface area contributed by atoms with Crippen LogP contribution in [-0.2, 0) is 0 Å². The van der Waals surface area contributed by atoms with Gasteiger partial charge >= 0.3 is 0 Å². The first kappa shape index (κ1) is 14.2. The van der Waals surface area contributed by atoms with E-state index in [1.807, 2.05) is 6.07 Å².